The van der Waals surface area contributed by atoms with Gasteiger partial charge in [0.25, 0.3) is 5.89 Å². The molecule has 1 aromatic carbocycles. The van der Waals surface area contributed by atoms with Crippen LogP contribution in [0.15, 0.2) is 53.2 Å². The van der Waals surface area contributed by atoms with E-state index in [0.717, 1.165) is 29.9 Å². The molecular formula is C22H25N5O2. The molecule has 29 heavy (non-hydrogen) atoms. The lowest BCUT2D eigenvalue weighted by Crippen LogP contribution is -2.42. The Hall–Kier alpha value is -3.22. The van der Waals surface area contributed by atoms with E-state index in [-0.39, 0.29) is 18.0 Å². The van der Waals surface area contributed by atoms with Gasteiger partial charge in [0.1, 0.15) is 5.82 Å². The zero-order chi connectivity index (χ0) is 20.2. The summed E-state index contributed by atoms with van der Waals surface area (Å²) in [6.45, 7) is 5.00. The summed E-state index contributed by atoms with van der Waals surface area (Å²) < 4.78 is 5.43. The van der Waals surface area contributed by atoms with Gasteiger partial charge in [-0.25, -0.2) is 4.98 Å². The van der Waals surface area contributed by atoms with E-state index in [9.17, 15) is 4.79 Å². The molecule has 0 aliphatic carbocycles. The minimum atomic E-state index is 0.129. The molecule has 7 heteroatoms. The van der Waals surface area contributed by atoms with Gasteiger partial charge in [0, 0.05) is 37.7 Å². The summed E-state index contributed by atoms with van der Waals surface area (Å²) in [4.78, 5) is 22.8. The number of benzene rings is 1. The monoisotopic (exact) mass is 391 g/mol. The fourth-order valence-electron chi connectivity index (χ4n) is 3.52. The standard InChI is InChI=1S/C22H25N5O2/c1-15(2)27(14-18-9-11-21(28)24-18)20-10-8-17(13-23-20)22-25-19(26-29-22)12-16-6-4-3-5-7-16/h3-8,10,13,15,18H,9,11-12,14H2,1-2H3,(H,24,28)/t18-/m0/s1. The van der Waals surface area contributed by atoms with Crippen LogP contribution in [-0.2, 0) is 11.2 Å². The molecule has 7 nitrogen and oxygen atoms in total. The minimum absolute atomic E-state index is 0.129. The number of carbonyl (C=O) groups is 1. The molecule has 0 radical (unpaired) electrons. The fraction of sp³-hybridized carbons (Fsp3) is 0.364. The molecule has 1 aliphatic heterocycles. The van der Waals surface area contributed by atoms with E-state index in [1.165, 1.54) is 0 Å². The summed E-state index contributed by atoms with van der Waals surface area (Å²) in [5.41, 5.74) is 1.93. The van der Waals surface area contributed by atoms with Gasteiger partial charge in [-0.2, -0.15) is 4.98 Å². The van der Waals surface area contributed by atoms with Gasteiger partial charge in [-0.3, -0.25) is 4.79 Å². The summed E-state index contributed by atoms with van der Waals surface area (Å²) in [6.07, 6.45) is 3.86. The third-order valence-corrected chi connectivity index (χ3v) is 5.09. The second-order valence-electron chi connectivity index (χ2n) is 7.63. The molecule has 4 rings (SSSR count). The first-order valence-corrected chi connectivity index (χ1v) is 9.97. The van der Waals surface area contributed by atoms with E-state index >= 15 is 0 Å². The maximum Gasteiger partial charge on any atom is 0.259 e. The lowest BCUT2D eigenvalue weighted by atomic mass is 10.1. The molecule has 1 fully saturated rings. The normalized spacial score (nSPS) is 16.2. The van der Waals surface area contributed by atoms with Crippen LogP contribution in [0.5, 0.6) is 0 Å². The highest BCUT2D eigenvalue weighted by Crippen LogP contribution is 2.22. The van der Waals surface area contributed by atoms with Gasteiger partial charge in [-0.15, -0.1) is 0 Å². The first-order chi connectivity index (χ1) is 14.1. The van der Waals surface area contributed by atoms with Gasteiger partial charge >= 0.3 is 0 Å². The van der Waals surface area contributed by atoms with E-state index < -0.39 is 0 Å². The Morgan fingerprint density at radius 1 is 1.21 bits per heavy atom. The fourth-order valence-corrected chi connectivity index (χ4v) is 3.52. The van der Waals surface area contributed by atoms with E-state index in [4.69, 9.17) is 4.52 Å². The highest BCUT2D eigenvalue weighted by molar-refractivity contribution is 5.78. The van der Waals surface area contributed by atoms with Crippen LogP contribution in [0.2, 0.25) is 0 Å². The number of amides is 1. The van der Waals surface area contributed by atoms with Crippen molar-refractivity contribution in [3.05, 3.63) is 60.0 Å². The number of pyridine rings is 1. The molecule has 1 amide bonds. The van der Waals surface area contributed by atoms with Crippen molar-refractivity contribution in [2.75, 3.05) is 11.4 Å². The zero-order valence-electron chi connectivity index (χ0n) is 16.7. The molecule has 3 aromatic rings. The minimum Gasteiger partial charge on any atom is -0.352 e. The van der Waals surface area contributed by atoms with Crippen LogP contribution in [0.4, 0.5) is 5.82 Å². The van der Waals surface area contributed by atoms with Crippen molar-refractivity contribution in [2.24, 2.45) is 0 Å². The van der Waals surface area contributed by atoms with Crippen molar-refractivity contribution in [2.45, 2.75) is 45.2 Å². The van der Waals surface area contributed by atoms with Crippen molar-refractivity contribution in [1.29, 1.82) is 0 Å². The maximum absolute atomic E-state index is 11.5. The Kier molecular flexibility index (Phi) is 5.55. The van der Waals surface area contributed by atoms with Crippen molar-refractivity contribution >= 4 is 11.7 Å². The van der Waals surface area contributed by atoms with Gasteiger partial charge in [-0.1, -0.05) is 35.5 Å². The molecular weight excluding hydrogens is 366 g/mol. The molecule has 1 saturated heterocycles. The van der Waals surface area contributed by atoms with Crippen molar-refractivity contribution < 1.29 is 9.32 Å². The van der Waals surface area contributed by atoms with E-state index in [2.05, 4.69) is 39.2 Å². The number of carbonyl (C=O) groups excluding carboxylic acids is 1. The Morgan fingerprint density at radius 3 is 2.69 bits per heavy atom. The predicted octanol–water partition coefficient (Wildman–Crippen LogP) is 3.22. The Bertz CT molecular complexity index is 953. The van der Waals surface area contributed by atoms with E-state index in [1.54, 1.807) is 6.20 Å². The molecule has 0 spiro atoms. The van der Waals surface area contributed by atoms with E-state index in [0.29, 0.717) is 24.6 Å². The van der Waals surface area contributed by atoms with E-state index in [1.807, 2.05) is 42.5 Å². The average molecular weight is 391 g/mol. The first kappa shape index (κ1) is 19.1. The quantitative estimate of drug-likeness (QED) is 0.666. The Labute approximate surface area is 170 Å². The lowest BCUT2D eigenvalue weighted by Gasteiger charge is -2.30. The van der Waals surface area contributed by atoms with Crippen LogP contribution in [0.1, 0.15) is 38.1 Å². The second-order valence-corrected chi connectivity index (χ2v) is 7.63. The summed E-state index contributed by atoms with van der Waals surface area (Å²) in [5, 5.41) is 7.11. The number of aromatic nitrogens is 3. The first-order valence-electron chi connectivity index (χ1n) is 9.97. The van der Waals surface area contributed by atoms with Crippen LogP contribution in [0.3, 0.4) is 0 Å². The second kappa shape index (κ2) is 8.43. The summed E-state index contributed by atoms with van der Waals surface area (Å²) >= 11 is 0. The molecule has 3 heterocycles. The number of nitrogens with zero attached hydrogens (tertiary/aromatic N) is 4. The largest absolute Gasteiger partial charge is 0.352 e. The van der Waals surface area contributed by atoms with Gasteiger partial charge in [0.2, 0.25) is 5.91 Å². The van der Waals surface area contributed by atoms with Crippen molar-refractivity contribution in [1.82, 2.24) is 20.4 Å². The third-order valence-electron chi connectivity index (χ3n) is 5.09. The van der Waals surface area contributed by atoms with Gasteiger partial charge in [-0.05, 0) is 38.0 Å². The predicted molar refractivity (Wildman–Crippen MR) is 110 cm³/mol. The number of nitrogens with one attached hydrogen (secondary N) is 1. The number of hydrogen-bond acceptors (Lipinski definition) is 6. The molecule has 0 unspecified atom stereocenters. The van der Waals surface area contributed by atoms with Gasteiger partial charge in [0.05, 0.1) is 5.56 Å². The SMILES string of the molecule is CC(C)N(C[C@@H]1CCC(=O)N1)c1ccc(-c2nc(Cc3ccccc3)no2)cn1. The average Bonchev–Trinajstić information content (AvgIpc) is 3.36. The van der Waals surface area contributed by atoms with Crippen LogP contribution in [0, 0.1) is 0 Å². The van der Waals surface area contributed by atoms with Gasteiger partial charge in [0.15, 0.2) is 5.82 Å². The maximum atomic E-state index is 11.5. The number of hydrogen-bond donors (Lipinski definition) is 1. The molecule has 1 aliphatic rings. The van der Waals surface area contributed by atoms with Crippen LogP contribution < -0.4 is 10.2 Å². The number of anilines is 1. The smallest absolute Gasteiger partial charge is 0.259 e. The highest BCUT2D eigenvalue weighted by Gasteiger charge is 2.25. The molecule has 1 atom stereocenters. The van der Waals surface area contributed by atoms with Gasteiger partial charge < -0.3 is 14.7 Å². The molecule has 0 saturated carbocycles. The van der Waals surface area contributed by atoms with Crippen LogP contribution >= 0.6 is 0 Å². The molecule has 1 N–H and O–H groups in total. The summed E-state index contributed by atoms with van der Waals surface area (Å²) in [6, 6.07) is 14.4. The summed E-state index contributed by atoms with van der Waals surface area (Å²) in [7, 11) is 0. The Morgan fingerprint density at radius 2 is 2.03 bits per heavy atom. The third kappa shape index (κ3) is 4.62. The summed E-state index contributed by atoms with van der Waals surface area (Å²) in [5.74, 6) is 2.11. The van der Waals surface area contributed by atoms with Crippen LogP contribution in [-0.4, -0.2) is 39.7 Å². The zero-order valence-corrected chi connectivity index (χ0v) is 16.7. The number of rotatable bonds is 7. The Balaban J connectivity index is 1.46. The van der Waals surface area contributed by atoms with Crippen LogP contribution in [0.25, 0.3) is 11.5 Å². The molecule has 2 aromatic heterocycles. The van der Waals surface area contributed by atoms with Crippen molar-refractivity contribution in [3.63, 3.8) is 0 Å². The molecule has 0 bridgehead atoms. The highest BCUT2D eigenvalue weighted by atomic mass is 16.5. The molecule has 150 valence electrons. The lowest BCUT2D eigenvalue weighted by molar-refractivity contribution is -0.119. The van der Waals surface area contributed by atoms with Crippen molar-refractivity contribution in [3.8, 4) is 11.5 Å². The topological polar surface area (TPSA) is 84.2 Å².